The van der Waals surface area contributed by atoms with Crippen LogP contribution in [0.4, 0.5) is 0 Å². The summed E-state index contributed by atoms with van der Waals surface area (Å²) >= 11 is 0. The van der Waals surface area contributed by atoms with Crippen molar-refractivity contribution < 1.29 is 29.2 Å². The van der Waals surface area contributed by atoms with Gasteiger partial charge in [0.1, 0.15) is 5.75 Å². The molecule has 6 nitrogen and oxygen atoms in total. The summed E-state index contributed by atoms with van der Waals surface area (Å²) in [5.41, 5.74) is 1.06. The molecule has 0 amide bonds. The van der Waals surface area contributed by atoms with Gasteiger partial charge in [-0.3, -0.25) is 0 Å². The highest BCUT2D eigenvalue weighted by molar-refractivity contribution is 5.81. The zero-order valence-corrected chi connectivity index (χ0v) is 17.8. The minimum atomic E-state index is -0.746. The van der Waals surface area contributed by atoms with Crippen molar-refractivity contribution in [2.75, 3.05) is 14.2 Å². The van der Waals surface area contributed by atoms with Crippen molar-refractivity contribution in [2.45, 2.75) is 58.0 Å². The highest BCUT2D eigenvalue weighted by Crippen LogP contribution is 2.43. The lowest BCUT2D eigenvalue weighted by molar-refractivity contribution is -0.134. The second kappa shape index (κ2) is 11.3. The van der Waals surface area contributed by atoms with Gasteiger partial charge >= 0.3 is 5.97 Å². The van der Waals surface area contributed by atoms with Crippen LogP contribution in [0, 0.1) is 17.8 Å². The van der Waals surface area contributed by atoms with Crippen LogP contribution in [0.15, 0.2) is 36.4 Å². The summed E-state index contributed by atoms with van der Waals surface area (Å²) in [7, 11) is 2.94. The molecule has 6 heteroatoms. The Hall–Kier alpha value is -1.89. The van der Waals surface area contributed by atoms with Crippen LogP contribution in [0.3, 0.4) is 0 Å². The van der Waals surface area contributed by atoms with Crippen LogP contribution in [0.2, 0.25) is 0 Å². The Labute approximate surface area is 173 Å². The van der Waals surface area contributed by atoms with Gasteiger partial charge in [-0.05, 0) is 48.8 Å². The van der Waals surface area contributed by atoms with Gasteiger partial charge in [-0.2, -0.15) is 0 Å². The van der Waals surface area contributed by atoms with Crippen molar-refractivity contribution in [2.24, 2.45) is 17.8 Å². The van der Waals surface area contributed by atoms with E-state index < -0.39 is 18.2 Å². The van der Waals surface area contributed by atoms with Gasteiger partial charge in [-0.25, -0.2) is 4.79 Å². The molecule has 1 aromatic carbocycles. The molecule has 1 saturated carbocycles. The molecule has 2 N–H and O–H groups in total. The molecule has 6 atom stereocenters. The maximum absolute atomic E-state index is 11.2. The molecule has 1 aliphatic carbocycles. The Bertz CT molecular complexity index is 656. The van der Waals surface area contributed by atoms with E-state index in [-0.39, 0.29) is 18.4 Å². The second-order valence-corrected chi connectivity index (χ2v) is 8.01. The third-order valence-electron chi connectivity index (χ3n) is 5.63. The summed E-state index contributed by atoms with van der Waals surface area (Å²) in [4.78, 5) is 11.2. The Balaban J connectivity index is 1.85. The van der Waals surface area contributed by atoms with E-state index in [1.165, 1.54) is 13.2 Å². The fourth-order valence-corrected chi connectivity index (χ4v) is 3.44. The topological polar surface area (TPSA) is 85.2 Å². The molecule has 0 bridgehead atoms. The number of benzene rings is 1. The van der Waals surface area contributed by atoms with Crippen LogP contribution in [-0.4, -0.2) is 48.7 Å². The predicted molar refractivity (Wildman–Crippen MR) is 110 cm³/mol. The van der Waals surface area contributed by atoms with Crippen LogP contribution < -0.4 is 4.74 Å². The number of ether oxygens (including phenoxy) is 3. The van der Waals surface area contributed by atoms with E-state index >= 15 is 0 Å². The molecule has 0 saturated heterocycles. The monoisotopic (exact) mass is 406 g/mol. The number of esters is 1. The molecule has 1 fully saturated rings. The Morgan fingerprint density at radius 1 is 1.21 bits per heavy atom. The van der Waals surface area contributed by atoms with Crippen LogP contribution in [0.1, 0.15) is 38.7 Å². The van der Waals surface area contributed by atoms with Gasteiger partial charge in [0, 0.05) is 12.0 Å². The number of carbonyl (C=O) groups is 1. The molecule has 0 heterocycles. The molecule has 0 aromatic heterocycles. The minimum absolute atomic E-state index is 0.0461. The lowest BCUT2D eigenvalue weighted by Crippen LogP contribution is -2.28. The largest absolute Gasteiger partial charge is 0.497 e. The predicted octanol–water partition coefficient (Wildman–Crippen LogP) is 3.10. The Morgan fingerprint density at radius 2 is 1.86 bits per heavy atom. The van der Waals surface area contributed by atoms with E-state index in [2.05, 4.69) is 11.7 Å². The van der Waals surface area contributed by atoms with Gasteiger partial charge in [-0.1, -0.05) is 32.1 Å². The smallest absolute Gasteiger partial charge is 0.330 e. The highest BCUT2D eigenvalue weighted by atomic mass is 16.5. The standard InChI is InChI=1S/C23H34O6/c1-15(5-10-23(26)28-4)21(25)12-18(24)13-22(20-11-16(20)2)29-14-17-6-8-19(27-3)9-7-17/h5-10,15-16,18,20-22,24-25H,11-14H2,1-4H3/b10-5+/t15-,16+,18-,20+,21-,22-/m0/s1. The minimum Gasteiger partial charge on any atom is -0.497 e. The molecule has 0 aliphatic heterocycles. The first-order chi connectivity index (χ1) is 13.8. The van der Waals surface area contributed by atoms with Gasteiger partial charge < -0.3 is 24.4 Å². The number of hydrogen-bond acceptors (Lipinski definition) is 6. The van der Waals surface area contributed by atoms with Crippen molar-refractivity contribution in [3.63, 3.8) is 0 Å². The first kappa shape index (κ1) is 23.4. The van der Waals surface area contributed by atoms with Crippen LogP contribution >= 0.6 is 0 Å². The second-order valence-electron chi connectivity index (χ2n) is 8.01. The highest BCUT2D eigenvalue weighted by Gasteiger charge is 2.41. The summed E-state index contributed by atoms with van der Waals surface area (Å²) in [6.45, 7) is 4.47. The molecule has 0 radical (unpaired) electrons. The van der Waals surface area contributed by atoms with Crippen molar-refractivity contribution in [1.82, 2.24) is 0 Å². The van der Waals surface area contributed by atoms with Gasteiger partial charge in [0.05, 0.1) is 39.1 Å². The summed E-state index contributed by atoms with van der Waals surface area (Å²) in [5, 5.41) is 20.9. The SMILES string of the molecule is COC(=O)/C=C/[C@H](C)[C@@H](O)C[C@H](O)C[C@H](OCc1ccc(OC)cc1)[C@@H]1C[C@H]1C. The van der Waals surface area contributed by atoms with Crippen LogP contribution in [0.5, 0.6) is 5.75 Å². The van der Waals surface area contributed by atoms with Crippen molar-refractivity contribution in [3.8, 4) is 5.75 Å². The summed E-state index contributed by atoms with van der Waals surface area (Å²) in [6, 6.07) is 7.76. The first-order valence-electron chi connectivity index (χ1n) is 10.2. The lowest BCUT2D eigenvalue weighted by Gasteiger charge is -2.24. The van der Waals surface area contributed by atoms with E-state index in [1.54, 1.807) is 20.1 Å². The summed E-state index contributed by atoms with van der Waals surface area (Å²) < 4.78 is 15.9. The number of methoxy groups -OCH3 is 2. The number of hydrogen-bond donors (Lipinski definition) is 2. The zero-order valence-electron chi connectivity index (χ0n) is 17.8. The fraction of sp³-hybridized carbons (Fsp3) is 0.609. The molecule has 0 unspecified atom stereocenters. The van der Waals surface area contributed by atoms with Gasteiger partial charge in [0.2, 0.25) is 0 Å². The third kappa shape index (κ3) is 7.80. The lowest BCUT2D eigenvalue weighted by atomic mass is 9.95. The van der Waals surface area contributed by atoms with E-state index in [0.717, 1.165) is 17.7 Å². The van der Waals surface area contributed by atoms with Crippen LogP contribution in [-0.2, 0) is 20.9 Å². The molecule has 29 heavy (non-hydrogen) atoms. The Morgan fingerprint density at radius 3 is 2.41 bits per heavy atom. The number of aliphatic hydroxyl groups is 2. The molecular formula is C23H34O6. The van der Waals surface area contributed by atoms with Crippen molar-refractivity contribution >= 4 is 5.97 Å². The van der Waals surface area contributed by atoms with Gasteiger partial charge in [0.15, 0.2) is 0 Å². The van der Waals surface area contributed by atoms with E-state index in [0.29, 0.717) is 24.9 Å². The molecule has 1 aromatic rings. The first-order valence-corrected chi connectivity index (χ1v) is 10.2. The maximum atomic E-state index is 11.2. The van der Waals surface area contributed by atoms with Crippen molar-refractivity contribution in [1.29, 1.82) is 0 Å². The molecule has 0 spiro atoms. The maximum Gasteiger partial charge on any atom is 0.330 e. The average Bonchev–Trinajstić information content (AvgIpc) is 3.45. The zero-order chi connectivity index (χ0) is 21.4. The molecule has 162 valence electrons. The Kier molecular flexibility index (Phi) is 9.14. The van der Waals surface area contributed by atoms with E-state index in [1.807, 2.05) is 24.3 Å². The molecule has 1 aliphatic rings. The van der Waals surface area contributed by atoms with E-state index in [9.17, 15) is 15.0 Å². The summed E-state index contributed by atoms with van der Waals surface area (Å²) in [5.74, 6) is 1.12. The van der Waals surface area contributed by atoms with Crippen LogP contribution in [0.25, 0.3) is 0 Å². The fourth-order valence-electron chi connectivity index (χ4n) is 3.44. The average molecular weight is 407 g/mol. The van der Waals surface area contributed by atoms with Gasteiger partial charge in [-0.15, -0.1) is 0 Å². The quantitative estimate of drug-likeness (QED) is 0.410. The number of carbonyl (C=O) groups excluding carboxylic acids is 1. The normalized spacial score (nSPS) is 22.7. The van der Waals surface area contributed by atoms with Crippen molar-refractivity contribution in [3.05, 3.63) is 42.0 Å². The molecule has 2 rings (SSSR count). The van der Waals surface area contributed by atoms with Gasteiger partial charge in [0.25, 0.3) is 0 Å². The number of aliphatic hydroxyl groups excluding tert-OH is 2. The van der Waals surface area contributed by atoms with E-state index in [4.69, 9.17) is 9.47 Å². The third-order valence-corrected chi connectivity index (χ3v) is 5.63. The number of rotatable bonds is 12. The summed E-state index contributed by atoms with van der Waals surface area (Å²) in [6.07, 6.45) is 3.25. The molecular weight excluding hydrogens is 372 g/mol.